The lowest BCUT2D eigenvalue weighted by molar-refractivity contribution is -0.131. The number of carbonyl (C=O) groups excluding carboxylic acids is 1. The molecule has 1 amide bonds. The van der Waals surface area contributed by atoms with Crippen molar-refractivity contribution in [2.75, 3.05) is 40.3 Å². The lowest BCUT2D eigenvalue weighted by Crippen LogP contribution is -2.44. The van der Waals surface area contributed by atoms with Crippen LogP contribution in [0.15, 0.2) is 0 Å². The zero-order valence-electron chi connectivity index (χ0n) is 11.7. The van der Waals surface area contributed by atoms with Crippen LogP contribution in [0.25, 0.3) is 0 Å². The molecule has 1 rings (SSSR count). The minimum atomic E-state index is -0.579. The molecule has 1 saturated carbocycles. The first kappa shape index (κ1) is 15.4. The van der Waals surface area contributed by atoms with E-state index in [1.165, 1.54) is 0 Å². The molecular formula is C13H27N3O2. The van der Waals surface area contributed by atoms with Gasteiger partial charge in [0, 0.05) is 20.1 Å². The summed E-state index contributed by atoms with van der Waals surface area (Å²) in [6.45, 7) is 2.26. The van der Waals surface area contributed by atoms with Crippen molar-refractivity contribution in [1.82, 2.24) is 9.80 Å². The van der Waals surface area contributed by atoms with E-state index in [-0.39, 0.29) is 5.91 Å². The van der Waals surface area contributed by atoms with Crippen molar-refractivity contribution >= 4 is 5.91 Å². The van der Waals surface area contributed by atoms with E-state index < -0.39 is 5.60 Å². The van der Waals surface area contributed by atoms with Crippen LogP contribution in [0.1, 0.15) is 32.1 Å². The lowest BCUT2D eigenvalue weighted by atomic mass is 10.0. The van der Waals surface area contributed by atoms with Crippen LogP contribution in [0, 0.1) is 0 Å². The fourth-order valence-corrected chi connectivity index (χ4v) is 2.55. The number of nitrogens with two attached hydrogens (primary N) is 1. The number of rotatable bonds is 7. The minimum absolute atomic E-state index is 0.0903. The van der Waals surface area contributed by atoms with Crippen molar-refractivity contribution < 1.29 is 9.90 Å². The minimum Gasteiger partial charge on any atom is -0.389 e. The zero-order chi connectivity index (χ0) is 13.6. The second-order valence-electron chi connectivity index (χ2n) is 5.56. The fourth-order valence-electron chi connectivity index (χ4n) is 2.55. The number of nitrogens with zero attached hydrogens (tertiary/aromatic N) is 2. The molecule has 0 aliphatic heterocycles. The molecule has 0 saturated heterocycles. The average molecular weight is 257 g/mol. The zero-order valence-corrected chi connectivity index (χ0v) is 11.7. The number of likely N-dealkylation sites (N-methyl/N-ethyl adjacent to an activating group) is 2. The van der Waals surface area contributed by atoms with Crippen molar-refractivity contribution in [3.63, 3.8) is 0 Å². The third-order valence-corrected chi connectivity index (χ3v) is 3.63. The van der Waals surface area contributed by atoms with Gasteiger partial charge in [0.05, 0.1) is 12.1 Å². The Morgan fingerprint density at radius 2 is 1.94 bits per heavy atom. The summed E-state index contributed by atoms with van der Waals surface area (Å²) in [5.74, 6) is 0.0903. The molecule has 0 aromatic heterocycles. The predicted octanol–water partition coefficient (Wildman–Crippen LogP) is 0.0305. The molecule has 0 bridgehead atoms. The van der Waals surface area contributed by atoms with E-state index in [9.17, 15) is 9.90 Å². The van der Waals surface area contributed by atoms with E-state index in [4.69, 9.17) is 5.73 Å². The molecule has 1 fully saturated rings. The number of carbonyl (C=O) groups is 1. The van der Waals surface area contributed by atoms with Gasteiger partial charge in [-0.05, 0) is 32.9 Å². The van der Waals surface area contributed by atoms with E-state index in [1.54, 1.807) is 11.9 Å². The van der Waals surface area contributed by atoms with Crippen LogP contribution in [0.3, 0.4) is 0 Å². The normalized spacial score (nSPS) is 18.3. The van der Waals surface area contributed by atoms with Crippen molar-refractivity contribution in [2.45, 2.75) is 37.7 Å². The highest BCUT2D eigenvalue weighted by molar-refractivity contribution is 5.77. The smallest absolute Gasteiger partial charge is 0.236 e. The Morgan fingerprint density at radius 3 is 2.50 bits per heavy atom. The van der Waals surface area contributed by atoms with Crippen molar-refractivity contribution in [3.8, 4) is 0 Å². The Kier molecular flexibility index (Phi) is 6.05. The molecule has 0 radical (unpaired) electrons. The van der Waals surface area contributed by atoms with E-state index in [0.717, 1.165) is 32.1 Å². The molecule has 106 valence electrons. The van der Waals surface area contributed by atoms with Gasteiger partial charge in [-0.2, -0.15) is 0 Å². The Labute approximate surface area is 110 Å². The van der Waals surface area contributed by atoms with Gasteiger partial charge < -0.3 is 15.7 Å². The van der Waals surface area contributed by atoms with Gasteiger partial charge in [0.2, 0.25) is 5.91 Å². The molecule has 5 heteroatoms. The van der Waals surface area contributed by atoms with Gasteiger partial charge in [-0.1, -0.05) is 12.8 Å². The molecule has 0 aromatic rings. The molecule has 0 atom stereocenters. The van der Waals surface area contributed by atoms with Gasteiger partial charge in [-0.25, -0.2) is 0 Å². The summed E-state index contributed by atoms with van der Waals surface area (Å²) in [5, 5.41) is 10.3. The number of aliphatic hydroxyl groups is 1. The van der Waals surface area contributed by atoms with Crippen LogP contribution in [-0.4, -0.2) is 66.7 Å². The van der Waals surface area contributed by atoms with Crippen molar-refractivity contribution in [3.05, 3.63) is 0 Å². The van der Waals surface area contributed by atoms with Crippen LogP contribution >= 0.6 is 0 Å². The fraction of sp³-hybridized carbons (Fsp3) is 0.923. The Bertz CT molecular complexity index is 265. The maximum absolute atomic E-state index is 11.9. The second-order valence-corrected chi connectivity index (χ2v) is 5.56. The number of amides is 1. The first-order valence-electron chi connectivity index (χ1n) is 6.82. The summed E-state index contributed by atoms with van der Waals surface area (Å²) in [5.41, 5.74) is 4.84. The summed E-state index contributed by atoms with van der Waals surface area (Å²) >= 11 is 0. The van der Waals surface area contributed by atoms with E-state index >= 15 is 0 Å². The number of hydrogen-bond donors (Lipinski definition) is 2. The predicted molar refractivity (Wildman–Crippen MR) is 72.2 cm³/mol. The van der Waals surface area contributed by atoms with E-state index in [1.807, 2.05) is 11.9 Å². The second kappa shape index (κ2) is 7.07. The van der Waals surface area contributed by atoms with Gasteiger partial charge in [0.15, 0.2) is 0 Å². The first-order chi connectivity index (χ1) is 8.47. The molecular weight excluding hydrogens is 230 g/mol. The SMILES string of the molecule is CN(CC(=O)N(C)CCCN)CC1(O)CCCC1. The molecule has 1 aliphatic rings. The monoisotopic (exact) mass is 257 g/mol. The molecule has 0 heterocycles. The van der Waals surface area contributed by atoms with Crippen LogP contribution in [0.2, 0.25) is 0 Å². The molecule has 18 heavy (non-hydrogen) atoms. The van der Waals surface area contributed by atoms with Gasteiger partial charge in [0.1, 0.15) is 0 Å². The Morgan fingerprint density at radius 1 is 1.33 bits per heavy atom. The summed E-state index contributed by atoms with van der Waals surface area (Å²) < 4.78 is 0. The Balaban J connectivity index is 2.30. The van der Waals surface area contributed by atoms with Crippen LogP contribution < -0.4 is 5.73 Å². The molecule has 3 N–H and O–H groups in total. The maximum atomic E-state index is 11.9. The highest BCUT2D eigenvalue weighted by atomic mass is 16.3. The molecule has 0 aromatic carbocycles. The topological polar surface area (TPSA) is 69.8 Å². The maximum Gasteiger partial charge on any atom is 0.236 e. The van der Waals surface area contributed by atoms with Gasteiger partial charge in [0.25, 0.3) is 0 Å². The van der Waals surface area contributed by atoms with Crippen LogP contribution in [0.5, 0.6) is 0 Å². The molecule has 0 unspecified atom stereocenters. The molecule has 1 aliphatic carbocycles. The highest BCUT2D eigenvalue weighted by Gasteiger charge is 2.32. The van der Waals surface area contributed by atoms with E-state index in [2.05, 4.69) is 0 Å². The summed E-state index contributed by atoms with van der Waals surface area (Å²) in [6, 6.07) is 0. The van der Waals surface area contributed by atoms with Crippen LogP contribution in [-0.2, 0) is 4.79 Å². The third kappa shape index (κ3) is 4.92. The summed E-state index contributed by atoms with van der Waals surface area (Å²) in [6.07, 6.45) is 4.72. The lowest BCUT2D eigenvalue weighted by Gasteiger charge is -2.29. The molecule has 0 spiro atoms. The summed E-state index contributed by atoms with van der Waals surface area (Å²) in [7, 11) is 3.70. The van der Waals surface area contributed by atoms with Crippen molar-refractivity contribution in [2.24, 2.45) is 5.73 Å². The van der Waals surface area contributed by atoms with Crippen LogP contribution in [0.4, 0.5) is 0 Å². The standard InChI is InChI=1S/C13H27N3O2/c1-15(11-13(18)6-3-4-7-13)10-12(17)16(2)9-5-8-14/h18H,3-11,14H2,1-2H3. The Hall–Kier alpha value is -0.650. The quantitative estimate of drug-likeness (QED) is 0.675. The highest BCUT2D eigenvalue weighted by Crippen LogP contribution is 2.29. The summed E-state index contributed by atoms with van der Waals surface area (Å²) in [4.78, 5) is 15.5. The molecule has 5 nitrogen and oxygen atoms in total. The van der Waals surface area contributed by atoms with Gasteiger partial charge >= 0.3 is 0 Å². The van der Waals surface area contributed by atoms with Gasteiger partial charge in [-0.15, -0.1) is 0 Å². The van der Waals surface area contributed by atoms with Crippen molar-refractivity contribution in [1.29, 1.82) is 0 Å². The largest absolute Gasteiger partial charge is 0.389 e. The van der Waals surface area contributed by atoms with E-state index in [0.29, 0.717) is 26.2 Å². The third-order valence-electron chi connectivity index (χ3n) is 3.63. The number of hydrogen-bond acceptors (Lipinski definition) is 4. The van der Waals surface area contributed by atoms with Gasteiger partial charge in [-0.3, -0.25) is 9.69 Å². The first-order valence-corrected chi connectivity index (χ1v) is 6.82. The average Bonchev–Trinajstić information content (AvgIpc) is 2.71.